The molecule has 20 heavy (non-hydrogen) atoms. The third-order valence-corrected chi connectivity index (χ3v) is 4.32. The van der Waals surface area contributed by atoms with E-state index in [0.29, 0.717) is 5.57 Å². The number of hydrogen-bond acceptors (Lipinski definition) is 2. The summed E-state index contributed by atoms with van der Waals surface area (Å²) in [6.07, 6.45) is 0.915. The van der Waals surface area contributed by atoms with Crippen molar-refractivity contribution in [2.45, 2.75) is 24.4 Å². The number of hydrogen-bond donors (Lipinski definition) is 0. The number of aldehydes is 1. The second kappa shape index (κ2) is 5.87. The number of carbonyl (C=O) groups excluding carboxylic acids is 1. The summed E-state index contributed by atoms with van der Waals surface area (Å²) in [5, 5.41) is 0. The molecule has 0 saturated heterocycles. The van der Waals surface area contributed by atoms with Gasteiger partial charge in [-0.3, -0.25) is 4.79 Å². The number of allylic oxidation sites excluding steroid dienone is 4. The Morgan fingerprint density at radius 2 is 1.90 bits per heavy atom. The molecule has 2 rings (SSSR count). The molecule has 0 radical (unpaired) electrons. The molecule has 0 fully saturated rings. The highest BCUT2D eigenvalue weighted by atomic mass is 32.2. The maximum absolute atomic E-state index is 12.5. The maximum atomic E-state index is 12.5. The highest BCUT2D eigenvalue weighted by molar-refractivity contribution is 8.03. The van der Waals surface area contributed by atoms with E-state index in [4.69, 9.17) is 0 Å². The molecule has 1 atom stereocenters. The summed E-state index contributed by atoms with van der Waals surface area (Å²) < 4.78 is 37.4. The van der Waals surface area contributed by atoms with Crippen molar-refractivity contribution in [1.82, 2.24) is 0 Å². The zero-order valence-electron chi connectivity index (χ0n) is 10.8. The third kappa shape index (κ3) is 3.54. The standard InChI is InChI=1S/C15H13F3OS/c1-10-2-3-11(9-19)8-14(10)20-13-6-4-12(5-7-13)15(16,17)18/h3-10H,2H2,1H3. The summed E-state index contributed by atoms with van der Waals surface area (Å²) in [6, 6.07) is 5.07. The zero-order chi connectivity index (χ0) is 14.8. The monoisotopic (exact) mass is 298 g/mol. The molecule has 0 aromatic heterocycles. The third-order valence-electron chi connectivity index (χ3n) is 3.06. The quantitative estimate of drug-likeness (QED) is 0.742. The molecule has 1 aromatic carbocycles. The molecule has 0 heterocycles. The van der Waals surface area contributed by atoms with Crippen LogP contribution in [0.15, 0.2) is 51.8 Å². The Kier molecular flexibility index (Phi) is 4.38. The van der Waals surface area contributed by atoms with E-state index in [0.717, 1.165) is 34.6 Å². The molecule has 0 saturated carbocycles. The molecule has 1 nitrogen and oxygen atoms in total. The minimum atomic E-state index is -4.31. The number of benzene rings is 1. The minimum Gasteiger partial charge on any atom is -0.298 e. The Balaban J connectivity index is 2.16. The van der Waals surface area contributed by atoms with Crippen LogP contribution in [0, 0.1) is 5.92 Å². The maximum Gasteiger partial charge on any atom is 0.416 e. The van der Waals surface area contributed by atoms with Crippen molar-refractivity contribution in [3.05, 3.63) is 52.5 Å². The van der Waals surface area contributed by atoms with Crippen LogP contribution in [0.3, 0.4) is 0 Å². The molecule has 1 aliphatic carbocycles. The molecule has 0 N–H and O–H groups in total. The number of thioether (sulfide) groups is 1. The van der Waals surface area contributed by atoms with Crippen molar-refractivity contribution in [1.29, 1.82) is 0 Å². The molecule has 1 aromatic rings. The SMILES string of the molecule is CC1CC=C(C=O)C=C1Sc1ccc(C(F)(F)F)cc1. The Morgan fingerprint density at radius 1 is 1.25 bits per heavy atom. The minimum absolute atomic E-state index is 0.269. The second-order valence-corrected chi connectivity index (χ2v) is 5.78. The fourth-order valence-electron chi connectivity index (χ4n) is 1.85. The highest BCUT2D eigenvalue weighted by Gasteiger charge is 2.30. The largest absolute Gasteiger partial charge is 0.416 e. The lowest BCUT2D eigenvalue weighted by atomic mass is 9.99. The van der Waals surface area contributed by atoms with Crippen LogP contribution in [0.5, 0.6) is 0 Å². The average molecular weight is 298 g/mol. The summed E-state index contributed by atoms with van der Waals surface area (Å²) in [5.74, 6) is 0.269. The smallest absolute Gasteiger partial charge is 0.298 e. The van der Waals surface area contributed by atoms with E-state index in [1.807, 2.05) is 13.0 Å². The predicted octanol–water partition coefficient (Wildman–Crippen LogP) is 4.85. The van der Waals surface area contributed by atoms with Gasteiger partial charge in [-0.25, -0.2) is 0 Å². The van der Waals surface area contributed by atoms with Gasteiger partial charge in [0.05, 0.1) is 5.56 Å². The topological polar surface area (TPSA) is 17.1 Å². The fraction of sp³-hybridized carbons (Fsp3) is 0.267. The van der Waals surface area contributed by atoms with Crippen LogP contribution in [0.4, 0.5) is 13.2 Å². The van der Waals surface area contributed by atoms with Gasteiger partial charge in [0.25, 0.3) is 0 Å². The predicted molar refractivity (Wildman–Crippen MR) is 73.3 cm³/mol. The first-order chi connectivity index (χ1) is 9.40. The number of halogens is 3. The molecule has 0 aliphatic heterocycles. The summed E-state index contributed by atoms with van der Waals surface area (Å²) in [6.45, 7) is 2.03. The summed E-state index contributed by atoms with van der Waals surface area (Å²) in [4.78, 5) is 12.5. The van der Waals surface area contributed by atoms with Crippen molar-refractivity contribution >= 4 is 18.0 Å². The van der Waals surface area contributed by atoms with Gasteiger partial charge < -0.3 is 0 Å². The van der Waals surface area contributed by atoms with Crippen molar-refractivity contribution < 1.29 is 18.0 Å². The zero-order valence-corrected chi connectivity index (χ0v) is 11.6. The van der Waals surface area contributed by atoms with Gasteiger partial charge in [0.1, 0.15) is 6.29 Å². The van der Waals surface area contributed by atoms with Crippen molar-refractivity contribution in [3.63, 3.8) is 0 Å². The lowest BCUT2D eigenvalue weighted by molar-refractivity contribution is -0.137. The molecule has 0 bridgehead atoms. The van der Waals surface area contributed by atoms with Crippen molar-refractivity contribution in [2.75, 3.05) is 0 Å². The van der Waals surface area contributed by atoms with E-state index in [2.05, 4.69) is 0 Å². The van der Waals surface area contributed by atoms with Crippen molar-refractivity contribution in [2.24, 2.45) is 5.92 Å². The summed E-state index contributed by atoms with van der Waals surface area (Å²) in [5.41, 5.74) is -0.0292. The van der Waals surface area contributed by atoms with Gasteiger partial charge in [-0.15, -0.1) is 0 Å². The molecule has 1 unspecified atom stereocenters. The molecule has 5 heteroatoms. The van der Waals surface area contributed by atoms with Gasteiger partial charge in [-0.1, -0.05) is 24.8 Å². The first-order valence-electron chi connectivity index (χ1n) is 6.12. The lowest BCUT2D eigenvalue weighted by Gasteiger charge is -2.18. The number of carbonyl (C=O) groups is 1. The Hall–Kier alpha value is -1.49. The van der Waals surface area contributed by atoms with Crippen LogP contribution in [0.25, 0.3) is 0 Å². The average Bonchev–Trinajstić information content (AvgIpc) is 2.41. The van der Waals surface area contributed by atoms with Crippen molar-refractivity contribution in [3.8, 4) is 0 Å². The van der Waals surface area contributed by atoms with Crippen LogP contribution in [0.2, 0.25) is 0 Å². The van der Waals surface area contributed by atoms with Crippen LogP contribution < -0.4 is 0 Å². The highest BCUT2D eigenvalue weighted by Crippen LogP contribution is 2.38. The van der Waals surface area contributed by atoms with Gasteiger partial charge in [0.15, 0.2) is 0 Å². The Labute approximate surface area is 119 Å². The van der Waals surface area contributed by atoms with E-state index in [1.165, 1.54) is 23.9 Å². The number of alkyl halides is 3. The normalized spacial score (nSPS) is 19.3. The van der Waals surface area contributed by atoms with E-state index in [1.54, 1.807) is 6.08 Å². The summed E-state index contributed by atoms with van der Waals surface area (Å²) >= 11 is 1.41. The van der Waals surface area contributed by atoms with Gasteiger partial charge in [0, 0.05) is 10.5 Å². The molecular formula is C15H13F3OS. The van der Waals surface area contributed by atoms with Gasteiger partial charge in [-0.2, -0.15) is 13.2 Å². The molecule has 1 aliphatic rings. The second-order valence-electron chi connectivity index (χ2n) is 4.63. The summed E-state index contributed by atoms with van der Waals surface area (Å²) in [7, 11) is 0. The van der Waals surface area contributed by atoms with E-state index in [9.17, 15) is 18.0 Å². The molecule has 0 amide bonds. The van der Waals surface area contributed by atoms with Gasteiger partial charge >= 0.3 is 6.18 Å². The Bertz CT molecular complexity index is 555. The van der Waals surface area contributed by atoms with E-state index >= 15 is 0 Å². The van der Waals surface area contributed by atoms with Gasteiger partial charge in [0.2, 0.25) is 0 Å². The van der Waals surface area contributed by atoms with E-state index in [-0.39, 0.29) is 5.92 Å². The lowest BCUT2D eigenvalue weighted by Crippen LogP contribution is -2.04. The fourth-order valence-corrected chi connectivity index (χ4v) is 2.89. The van der Waals surface area contributed by atoms with Crippen LogP contribution in [0.1, 0.15) is 18.9 Å². The van der Waals surface area contributed by atoms with E-state index < -0.39 is 11.7 Å². The Morgan fingerprint density at radius 3 is 2.45 bits per heavy atom. The number of rotatable bonds is 3. The first-order valence-corrected chi connectivity index (χ1v) is 6.94. The van der Waals surface area contributed by atoms with Crippen LogP contribution in [-0.4, -0.2) is 6.29 Å². The molecule has 106 valence electrons. The molecule has 0 spiro atoms. The van der Waals surface area contributed by atoms with Gasteiger partial charge in [-0.05, 0) is 47.6 Å². The van der Waals surface area contributed by atoms with Crippen LogP contribution >= 0.6 is 11.8 Å². The van der Waals surface area contributed by atoms with Crippen LogP contribution in [-0.2, 0) is 11.0 Å². The molecular weight excluding hydrogens is 285 g/mol. The first kappa shape index (κ1) is 14.9.